The highest BCUT2D eigenvalue weighted by atomic mass is 16.5. The third-order valence-electron chi connectivity index (χ3n) is 2.35. The van der Waals surface area contributed by atoms with Gasteiger partial charge in [-0.15, -0.1) is 11.8 Å². The van der Waals surface area contributed by atoms with E-state index >= 15 is 0 Å². The molecule has 0 saturated carbocycles. The van der Waals surface area contributed by atoms with Gasteiger partial charge < -0.3 is 10.5 Å². The predicted molar refractivity (Wildman–Crippen MR) is 56.4 cm³/mol. The maximum absolute atomic E-state index is 6.05. The minimum absolute atomic E-state index is 0.139. The van der Waals surface area contributed by atoms with Crippen molar-refractivity contribution in [2.45, 2.75) is 45.6 Å². The molecule has 0 aromatic carbocycles. The summed E-state index contributed by atoms with van der Waals surface area (Å²) < 4.78 is 5.46. The van der Waals surface area contributed by atoms with Gasteiger partial charge in [0.05, 0.1) is 13.2 Å². The lowest BCUT2D eigenvalue weighted by atomic mass is 9.96. The molecule has 0 rings (SSSR count). The molecule has 0 radical (unpaired) electrons. The molecule has 2 N–H and O–H groups in total. The average Bonchev–Trinajstić information content (AvgIpc) is 2.17. The fourth-order valence-electron chi connectivity index (χ4n) is 0.978. The molecule has 0 unspecified atom stereocenters. The first-order valence-electron chi connectivity index (χ1n) is 4.94. The van der Waals surface area contributed by atoms with Gasteiger partial charge in [-0.05, 0) is 19.8 Å². The summed E-state index contributed by atoms with van der Waals surface area (Å²) in [5, 5.41) is 0. The fraction of sp³-hybridized carbons (Fsp3) is 0.818. The number of hydrogen-bond acceptors (Lipinski definition) is 2. The first-order valence-corrected chi connectivity index (χ1v) is 4.94. The molecule has 0 saturated heterocycles. The van der Waals surface area contributed by atoms with E-state index in [1.807, 2.05) is 6.92 Å². The molecular weight excluding hydrogens is 162 g/mol. The molecule has 0 fully saturated rings. The lowest BCUT2D eigenvalue weighted by molar-refractivity contribution is 0.0850. The second-order valence-corrected chi connectivity index (χ2v) is 3.30. The number of ether oxygens (including phenoxy) is 1. The zero-order valence-corrected chi connectivity index (χ0v) is 9.02. The van der Waals surface area contributed by atoms with Crippen LogP contribution in [0.25, 0.3) is 0 Å². The molecule has 0 atom stereocenters. The zero-order valence-electron chi connectivity index (χ0n) is 9.02. The largest absolute Gasteiger partial charge is 0.379 e. The predicted octanol–water partition coefficient (Wildman–Crippen LogP) is 1.93. The number of nitrogens with two attached hydrogens (primary N) is 1. The Morgan fingerprint density at radius 3 is 2.38 bits per heavy atom. The van der Waals surface area contributed by atoms with Crippen molar-refractivity contribution in [3.63, 3.8) is 0 Å². The van der Waals surface area contributed by atoms with Gasteiger partial charge in [-0.25, -0.2) is 0 Å². The van der Waals surface area contributed by atoms with E-state index in [9.17, 15) is 0 Å². The summed E-state index contributed by atoms with van der Waals surface area (Å²) in [4.78, 5) is 0. The van der Waals surface area contributed by atoms with Crippen LogP contribution in [0.4, 0.5) is 0 Å². The van der Waals surface area contributed by atoms with Gasteiger partial charge in [0, 0.05) is 12.0 Å². The van der Waals surface area contributed by atoms with Crippen LogP contribution in [-0.4, -0.2) is 18.8 Å². The quantitative estimate of drug-likeness (QED) is 0.504. The van der Waals surface area contributed by atoms with Gasteiger partial charge in [0.1, 0.15) is 0 Å². The Labute approximate surface area is 81.8 Å². The Morgan fingerprint density at radius 1 is 1.31 bits per heavy atom. The first kappa shape index (κ1) is 12.5. The number of rotatable bonds is 6. The van der Waals surface area contributed by atoms with Gasteiger partial charge in [-0.3, -0.25) is 0 Å². The minimum Gasteiger partial charge on any atom is -0.379 e. The maximum atomic E-state index is 6.05. The Hall–Kier alpha value is -0.520. The fourth-order valence-corrected chi connectivity index (χ4v) is 0.978. The van der Waals surface area contributed by atoms with Crippen LogP contribution in [0.5, 0.6) is 0 Å². The Balaban J connectivity index is 3.53. The van der Waals surface area contributed by atoms with E-state index < -0.39 is 0 Å². The van der Waals surface area contributed by atoms with E-state index in [2.05, 4.69) is 25.7 Å². The normalized spacial score (nSPS) is 10.8. The third-order valence-corrected chi connectivity index (χ3v) is 2.35. The molecule has 0 aromatic rings. The summed E-state index contributed by atoms with van der Waals surface area (Å²) in [5.74, 6) is 5.79. The topological polar surface area (TPSA) is 35.2 Å². The van der Waals surface area contributed by atoms with Gasteiger partial charge in [-0.1, -0.05) is 13.8 Å². The van der Waals surface area contributed by atoms with Crippen molar-refractivity contribution < 1.29 is 4.74 Å². The summed E-state index contributed by atoms with van der Waals surface area (Å²) in [5.41, 5.74) is 5.91. The smallest absolute Gasteiger partial charge is 0.0646 e. The van der Waals surface area contributed by atoms with Gasteiger partial charge >= 0.3 is 0 Å². The van der Waals surface area contributed by atoms with E-state index in [1.54, 1.807) is 0 Å². The van der Waals surface area contributed by atoms with Crippen LogP contribution in [0.15, 0.2) is 0 Å². The highest BCUT2D eigenvalue weighted by Crippen LogP contribution is 2.11. The van der Waals surface area contributed by atoms with Crippen molar-refractivity contribution in [2.24, 2.45) is 5.73 Å². The lowest BCUT2D eigenvalue weighted by Gasteiger charge is -2.25. The van der Waals surface area contributed by atoms with Crippen molar-refractivity contribution in [3.8, 4) is 11.8 Å². The Bertz CT molecular complexity index is 174. The van der Waals surface area contributed by atoms with Gasteiger partial charge in [-0.2, -0.15) is 0 Å². The molecule has 0 aliphatic carbocycles. The van der Waals surface area contributed by atoms with Crippen LogP contribution in [0, 0.1) is 11.8 Å². The van der Waals surface area contributed by atoms with Gasteiger partial charge in [0.15, 0.2) is 0 Å². The third kappa shape index (κ3) is 5.68. The standard InChI is InChI=1S/C11H21NO/c1-4-7-8-9-13-10-11(12,5-2)6-3/h5-6,8-10,12H2,1-3H3. The minimum atomic E-state index is -0.139. The maximum Gasteiger partial charge on any atom is 0.0646 e. The van der Waals surface area contributed by atoms with Crippen LogP contribution in [0.2, 0.25) is 0 Å². The van der Waals surface area contributed by atoms with E-state index in [1.165, 1.54) is 0 Å². The van der Waals surface area contributed by atoms with Crippen molar-refractivity contribution in [2.75, 3.05) is 13.2 Å². The second-order valence-electron chi connectivity index (χ2n) is 3.30. The molecule has 13 heavy (non-hydrogen) atoms. The zero-order chi connectivity index (χ0) is 10.2. The average molecular weight is 183 g/mol. The highest BCUT2D eigenvalue weighted by Gasteiger charge is 2.19. The Morgan fingerprint density at radius 2 is 1.92 bits per heavy atom. The van der Waals surface area contributed by atoms with Crippen molar-refractivity contribution in [3.05, 3.63) is 0 Å². The van der Waals surface area contributed by atoms with Crippen LogP contribution >= 0.6 is 0 Å². The summed E-state index contributed by atoms with van der Waals surface area (Å²) in [6.45, 7) is 7.37. The molecule has 0 aliphatic rings. The van der Waals surface area contributed by atoms with Crippen LogP contribution in [-0.2, 0) is 4.74 Å². The molecule has 76 valence electrons. The summed E-state index contributed by atoms with van der Waals surface area (Å²) in [6, 6.07) is 0. The van der Waals surface area contributed by atoms with Gasteiger partial charge in [0.25, 0.3) is 0 Å². The highest BCUT2D eigenvalue weighted by molar-refractivity contribution is 4.94. The molecule has 2 heteroatoms. The number of hydrogen-bond donors (Lipinski definition) is 1. The first-order chi connectivity index (χ1) is 6.18. The Kier molecular flexibility index (Phi) is 6.66. The van der Waals surface area contributed by atoms with Crippen LogP contribution in [0.3, 0.4) is 0 Å². The lowest BCUT2D eigenvalue weighted by Crippen LogP contribution is -2.43. The molecule has 0 bridgehead atoms. The molecule has 0 aliphatic heterocycles. The molecule has 0 spiro atoms. The molecule has 0 heterocycles. The van der Waals surface area contributed by atoms with Crippen molar-refractivity contribution in [1.82, 2.24) is 0 Å². The van der Waals surface area contributed by atoms with E-state index in [-0.39, 0.29) is 5.54 Å². The van der Waals surface area contributed by atoms with E-state index in [4.69, 9.17) is 10.5 Å². The molecule has 2 nitrogen and oxygen atoms in total. The monoisotopic (exact) mass is 183 g/mol. The van der Waals surface area contributed by atoms with Gasteiger partial charge in [0.2, 0.25) is 0 Å². The molecular formula is C11H21NO. The second kappa shape index (κ2) is 6.94. The molecule has 0 amide bonds. The summed E-state index contributed by atoms with van der Waals surface area (Å²) in [7, 11) is 0. The summed E-state index contributed by atoms with van der Waals surface area (Å²) >= 11 is 0. The molecule has 0 aromatic heterocycles. The van der Waals surface area contributed by atoms with Crippen molar-refractivity contribution >= 4 is 0 Å². The van der Waals surface area contributed by atoms with E-state index in [0.717, 1.165) is 19.3 Å². The van der Waals surface area contributed by atoms with Crippen LogP contribution < -0.4 is 5.73 Å². The van der Waals surface area contributed by atoms with Crippen LogP contribution in [0.1, 0.15) is 40.0 Å². The van der Waals surface area contributed by atoms with E-state index in [0.29, 0.717) is 13.2 Å². The van der Waals surface area contributed by atoms with Crippen molar-refractivity contribution in [1.29, 1.82) is 0 Å². The SMILES string of the molecule is CC#CCCOCC(N)(CC)CC. The summed E-state index contributed by atoms with van der Waals surface area (Å²) in [6.07, 6.45) is 2.73.